The van der Waals surface area contributed by atoms with Crippen LogP contribution in [0.4, 0.5) is 0 Å². The van der Waals surface area contributed by atoms with Crippen LogP contribution in [0.25, 0.3) is 0 Å². The molecule has 0 spiro atoms. The third-order valence-electron chi connectivity index (χ3n) is 3.86. The Balaban J connectivity index is 1.32. The number of halogens is 1. The van der Waals surface area contributed by atoms with E-state index in [0.29, 0.717) is 39.5 Å². The number of aromatic nitrogens is 1. The van der Waals surface area contributed by atoms with Gasteiger partial charge in [0.2, 0.25) is 6.79 Å². The molecular weight excluding hydrogens is 388 g/mol. The number of carbonyl (C=O) groups excluding carboxylic acids is 1. The van der Waals surface area contributed by atoms with E-state index >= 15 is 0 Å². The molecule has 2 aromatic carbocycles. The van der Waals surface area contributed by atoms with Crippen LogP contribution in [0.2, 0.25) is 5.02 Å². The molecule has 0 unspecified atom stereocenters. The Hall–Kier alpha value is -2.77. The second-order valence-electron chi connectivity index (χ2n) is 5.72. The molecule has 1 amide bonds. The topological polar surface area (TPSA) is 69.7 Å². The van der Waals surface area contributed by atoms with Crippen molar-refractivity contribution in [2.75, 3.05) is 6.79 Å². The first-order valence-corrected chi connectivity index (χ1v) is 9.43. The van der Waals surface area contributed by atoms with Crippen LogP contribution < -0.4 is 19.5 Å². The fourth-order valence-corrected chi connectivity index (χ4v) is 3.38. The highest BCUT2D eigenvalue weighted by atomic mass is 35.5. The molecule has 1 aliphatic rings. The number of thiazole rings is 1. The summed E-state index contributed by atoms with van der Waals surface area (Å²) in [6.07, 6.45) is 0. The van der Waals surface area contributed by atoms with Gasteiger partial charge in [-0.3, -0.25) is 4.79 Å². The predicted octanol–water partition coefficient (Wildman–Crippen LogP) is 4.03. The number of carbonyl (C=O) groups is 1. The number of ether oxygens (including phenoxy) is 3. The highest BCUT2D eigenvalue weighted by Gasteiger charge is 2.15. The van der Waals surface area contributed by atoms with E-state index in [0.717, 1.165) is 5.56 Å². The van der Waals surface area contributed by atoms with Gasteiger partial charge in [-0.2, -0.15) is 0 Å². The number of hydrogen-bond acceptors (Lipinski definition) is 6. The largest absolute Gasteiger partial charge is 0.485 e. The number of fused-ring (bicyclic) bond motifs is 1. The molecule has 0 fully saturated rings. The lowest BCUT2D eigenvalue weighted by atomic mass is 10.2. The lowest BCUT2D eigenvalue weighted by molar-refractivity contribution is 0.0946. The molecular formula is C19H15ClN2O4S. The number of amides is 1. The summed E-state index contributed by atoms with van der Waals surface area (Å²) in [5.74, 6) is 1.75. The molecule has 2 heterocycles. The average Bonchev–Trinajstić information content (AvgIpc) is 3.34. The van der Waals surface area contributed by atoms with Crippen LogP contribution >= 0.6 is 22.9 Å². The smallest absolute Gasteiger partial charge is 0.271 e. The van der Waals surface area contributed by atoms with Gasteiger partial charge >= 0.3 is 0 Å². The van der Waals surface area contributed by atoms with Crippen molar-refractivity contribution in [1.82, 2.24) is 10.3 Å². The van der Waals surface area contributed by atoms with Crippen LogP contribution in [-0.2, 0) is 13.2 Å². The van der Waals surface area contributed by atoms with Crippen LogP contribution in [0.15, 0.2) is 47.8 Å². The van der Waals surface area contributed by atoms with Crippen LogP contribution in [-0.4, -0.2) is 17.7 Å². The van der Waals surface area contributed by atoms with Crippen molar-refractivity contribution in [1.29, 1.82) is 0 Å². The number of benzene rings is 2. The maximum atomic E-state index is 12.3. The molecule has 8 heteroatoms. The first kappa shape index (κ1) is 17.6. The first-order chi connectivity index (χ1) is 13.2. The monoisotopic (exact) mass is 402 g/mol. The van der Waals surface area contributed by atoms with Crippen molar-refractivity contribution in [2.45, 2.75) is 13.2 Å². The van der Waals surface area contributed by atoms with Crippen molar-refractivity contribution < 1.29 is 19.0 Å². The third kappa shape index (κ3) is 4.15. The highest BCUT2D eigenvalue weighted by Crippen LogP contribution is 2.32. The predicted molar refractivity (Wildman–Crippen MR) is 102 cm³/mol. The molecule has 0 radical (unpaired) electrons. The van der Waals surface area contributed by atoms with E-state index in [-0.39, 0.29) is 19.3 Å². The first-order valence-electron chi connectivity index (χ1n) is 8.17. The standard InChI is InChI=1S/C19H15ClN2O4S/c20-13-3-1-2-4-15(13)24-9-18-22-14(10-27-18)19(23)21-8-12-5-6-16-17(7-12)26-11-25-16/h1-7,10H,8-9,11H2,(H,21,23). The molecule has 0 atom stereocenters. The van der Waals surface area contributed by atoms with E-state index in [2.05, 4.69) is 10.3 Å². The molecule has 0 aliphatic carbocycles. The minimum Gasteiger partial charge on any atom is -0.485 e. The fraction of sp³-hybridized carbons (Fsp3) is 0.158. The summed E-state index contributed by atoms with van der Waals surface area (Å²) in [7, 11) is 0. The summed E-state index contributed by atoms with van der Waals surface area (Å²) in [4.78, 5) is 16.6. The Labute approximate surface area is 164 Å². The molecule has 0 saturated heterocycles. The van der Waals surface area contributed by atoms with Crippen molar-refractivity contribution >= 4 is 28.8 Å². The Morgan fingerprint density at radius 2 is 2.07 bits per heavy atom. The molecule has 1 N–H and O–H groups in total. The number of nitrogens with zero attached hydrogens (tertiary/aromatic N) is 1. The van der Waals surface area contributed by atoms with Crippen molar-refractivity contribution in [3.05, 3.63) is 69.1 Å². The Morgan fingerprint density at radius 1 is 1.22 bits per heavy atom. The summed E-state index contributed by atoms with van der Waals surface area (Å²) < 4.78 is 16.3. The van der Waals surface area contributed by atoms with E-state index in [4.69, 9.17) is 25.8 Å². The maximum Gasteiger partial charge on any atom is 0.271 e. The fourth-order valence-electron chi connectivity index (χ4n) is 2.51. The molecule has 3 aromatic rings. The SMILES string of the molecule is O=C(NCc1ccc2c(c1)OCO2)c1csc(COc2ccccc2Cl)n1. The Kier molecular flexibility index (Phi) is 5.13. The summed E-state index contributed by atoms with van der Waals surface area (Å²) in [6, 6.07) is 12.8. The van der Waals surface area contributed by atoms with Gasteiger partial charge in [-0.15, -0.1) is 11.3 Å². The summed E-state index contributed by atoms with van der Waals surface area (Å²) in [5.41, 5.74) is 1.28. The molecule has 6 nitrogen and oxygen atoms in total. The zero-order valence-corrected chi connectivity index (χ0v) is 15.7. The van der Waals surface area contributed by atoms with Gasteiger partial charge in [-0.25, -0.2) is 4.98 Å². The van der Waals surface area contributed by atoms with E-state index < -0.39 is 0 Å². The lowest BCUT2D eigenvalue weighted by Crippen LogP contribution is -2.23. The number of hydrogen-bond donors (Lipinski definition) is 1. The number of rotatable bonds is 6. The molecule has 1 aromatic heterocycles. The van der Waals surface area contributed by atoms with E-state index in [1.54, 1.807) is 17.5 Å². The molecule has 0 bridgehead atoms. The Bertz CT molecular complexity index is 976. The van der Waals surface area contributed by atoms with Crippen molar-refractivity contribution in [3.8, 4) is 17.2 Å². The van der Waals surface area contributed by atoms with E-state index in [1.165, 1.54) is 11.3 Å². The average molecular weight is 403 g/mol. The third-order valence-corrected chi connectivity index (χ3v) is 5.00. The van der Waals surface area contributed by atoms with Gasteiger partial charge < -0.3 is 19.5 Å². The second kappa shape index (κ2) is 7.85. The van der Waals surface area contributed by atoms with Gasteiger partial charge in [-0.05, 0) is 29.8 Å². The van der Waals surface area contributed by atoms with Crippen molar-refractivity contribution in [2.24, 2.45) is 0 Å². The molecule has 4 rings (SSSR count). The summed E-state index contributed by atoms with van der Waals surface area (Å²) >= 11 is 7.42. The lowest BCUT2D eigenvalue weighted by Gasteiger charge is -2.06. The van der Waals surface area contributed by atoms with Gasteiger partial charge in [0, 0.05) is 11.9 Å². The van der Waals surface area contributed by atoms with Crippen LogP contribution in [0.5, 0.6) is 17.2 Å². The minimum absolute atomic E-state index is 0.225. The summed E-state index contributed by atoms with van der Waals surface area (Å²) in [6.45, 7) is 0.852. The normalized spacial score (nSPS) is 12.0. The maximum absolute atomic E-state index is 12.3. The molecule has 138 valence electrons. The zero-order valence-electron chi connectivity index (χ0n) is 14.1. The number of para-hydroxylation sites is 1. The Morgan fingerprint density at radius 3 is 2.96 bits per heavy atom. The zero-order chi connectivity index (χ0) is 18.6. The van der Waals surface area contributed by atoms with Crippen LogP contribution in [0, 0.1) is 0 Å². The highest BCUT2D eigenvalue weighted by molar-refractivity contribution is 7.09. The van der Waals surface area contributed by atoms with Gasteiger partial charge in [0.25, 0.3) is 5.91 Å². The van der Waals surface area contributed by atoms with Crippen LogP contribution in [0.3, 0.4) is 0 Å². The van der Waals surface area contributed by atoms with Gasteiger partial charge in [0.15, 0.2) is 11.5 Å². The van der Waals surface area contributed by atoms with Gasteiger partial charge in [-0.1, -0.05) is 29.8 Å². The van der Waals surface area contributed by atoms with E-state index in [9.17, 15) is 4.79 Å². The molecule has 0 saturated carbocycles. The molecule has 1 aliphatic heterocycles. The second-order valence-corrected chi connectivity index (χ2v) is 7.07. The van der Waals surface area contributed by atoms with E-state index in [1.807, 2.05) is 30.3 Å². The van der Waals surface area contributed by atoms with Crippen LogP contribution in [0.1, 0.15) is 21.1 Å². The minimum atomic E-state index is -0.243. The summed E-state index contributed by atoms with van der Waals surface area (Å²) in [5, 5.41) is 5.79. The molecule has 27 heavy (non-hydrogen) atoms. The van der Waals surface area contributed by atoms with Crippen molar-refractivity contribution in [3.63, 3.8) is 0 Å². The quantitative estimate of drug-likeness (QED) is 0.674. The van der Waals surface area contributed by atoms with Gasteiger partial charge in [0.1, 0.15) is 23.1 Å². The van der Waals surface area contributed by atoms with Gasteiger partial charge in [0.05, 0.1) is 5.02 Å². The number of nitrogens with one attached hydrogen (secondary N) is 1.